The minimum absolute atomic E-state index is 0.0590. The third-order valence-corrected chi connectivity index (χ3v) is 5.68. The number of sulfonamides is 1. The average molecular weight is 382 g/mol. The number of aryl methyl sites for hydroxylation is 1. The molecule has 0 saturated carbocycles. The second-order valence-corrected chi connectivity index (χ2v) is 7.57. The van der Waals surface area contributed by atoms with E-state index in [1.54, 1.807) is 12.1 Å². The Hall–Kier alpha value is -2.18. The molecule has 2 aromatic carbocycles. The normalized spacial score (nSPS) is 11.0. The molecule has 0 fully saturated rings. The van der Waals surface area contributed by atoms with Crippen molar-refractivity contribution in [3.63, 3.8) is 0 Å². The molecule has 0 aromatic heterocycles. The van der Waals surface area contributed by atoms with Crippen LogP contribution in [0.15, 0.2) is 53.9 Å². The fourth-order valence-corrected chi connectivity index (χ4v) is 4.16. The lowest BCUT2D eigenvalue weighted by molar-refractivity contribution is 0.414. The topological polar surface area (TPSA) is 55.8 Å². The highest BCUT2D eigenvalue weighted by molar-refractivity contribution is 7.92. The van der Waals surface area contributed by atoms with E-state index in [1.807, 2.05) is 13.0 Å². The predicted octanol–water partition coefficient (Wildman–Crippen LogP) is 4.05. The molecule has 2 rings (SSSR count). The van der Waals surface area contributed by atoms with Gasteiger partial charge in [-0.2, -0.15) is 0 Å². The molecule has 2 aromatic rings. The van der Waals surface area contributed by atoms with E-state index in [0.29, 0.717) is 17.2 Å². The zero-order valence-electron chi connectivity index (χ0n) is 14.3. The Bertz CT molecular complexity index is 881. The minimum atomic E-state index is -3.87. The highest BCUT2D eigenvalue weighted by atomic mass is 35.5. The van der Waals surface area contributed by atoms with Gasteiger partial charge in [0.1, 0.15) is 11.5 Å². The smallest absolute Gasteiger partial charge is 0.264 e. The first-order valence-electron chi connectivity index (χ1n) is 7.47. The molecule has 0 aliphatic heterocycles. The van der Waals surface area contributed by atoms with Crippen molar-refractivity contribution in [2.45, 2.75) is 11.8 Å². The number of halogens is 1. The molecular weight excluding hydrogens is 362 g/mol. The number of nitrogens with zero attached hydrogens (tertiary/aromatic N) is 1. The molecule has 0 spiro atoms. The average Bonchev–Trinajstić information content (AvgIpc) is 2.59. The first-order chi connectivity index (χ1) is 11.8. The van der Waals surface area contributed by atoms with Crippen molar-refractivity contribution in [3.8, 4) is 11.5 Å². The van der Waals surface area contributed by atoms with Gasteiger partial charge in [-0.3, -0.25) is 4.31 Å². The van der Waals surface area contributed by atoms with Gasteiger partial charge >= 0.3 is 0 Å². The third kappa shape index (κ3) is 3.91. The van der Waals surface area contributed by atoms with E-state index in [9.17, 15) is 8.42 Å². The molecular formula is C18H20ClNO4S. The third-order valence-electron chi connectivity index (χ3n) is 3.61. The van der Waals surface area contributed by atoms with Crippen LogP contribution in [-0.2, 0) is 10.0 Å². The van der Waals surface area contributed by atoms with Crippen molar-refractivity contribution < 1.29 is 17.9 Å². The van der Waals surface area contributed by atoms with E-state index < -0.39 is 10.0 Å². The monoisotopic (exact) mass is 381 g/mol. The van der Waals surface area contributed by atoms with E-state index in [0.717, 1.165) is 5.56 Å². The molecule has 7 heteroatoms. The van der Waals surface area contributed by atoms with E-state index in [4.69, 9.17) is 21.1 Å². The summed E-state index contributed by atoms with van der Waals surface area (Å²) in [6.07, 6.45) is 1.52. The van der Waals surface area contributed by atoms with Crippen molar-refractivity contribution in [2.24, 2.45) is 0 Å². The lowest BCUT2D eigenvalue weighted by Gasteiger charge is -2.25. The fraction of sp³-hybridized carbons (Fsp3) is 0.222. The predicted molar refractivity (Wildman–Crippen MR) is 100 cm³/mol. The number of ether oxygens (including phenoxy) is 2. The van der Waals surface area contributed by atoms with Gasteiger partial charge < -0.3 is 9.47 Å². The second kappa shape index (κ2) is 7.80. The van der Waals surface area contributed by atoms with Crippen molar-refractivity contribution in [2.75, 3.05) is 25.1 Å². The zero-order chi connectivity index (χ0) is 18.6. The standard InChI is InChI=1S/C18H20ClNO4S/c1-5-10-20(16-11-13(2)6-8-18(16)24-4)25(21,22)14-7-9-17(23-3)15(19)12-14/h5-9,11-12H,1,10H2,2-4H3. The van der Waals surface area contributed by atoms with Crippen molar-refractivity contribution in [1.82, 2.24) is 0 Å². The Morgan fingerprint density at radius 2 is 1.76 bits per heavy atom. The van der Waals surface area contributed by atoms with Crippen LogP contribution >= 0.6 is 11.6 Å². The van der Waals surface area contributed by atoms with Gasteiger partial charge in [0.2, 0.25) is 0 Å². The highest BCUT2D eigenvalue weighted by Gasteiger charge is 2.27. The summed E-state index contributed by atoms with van der Waals surface area (Å²) in [5.74, 6) is 0.861. The van der Waals surface area contributed by atoms with E-state index >= 15 is 0 Å². The van der Waals surface area contributed by atoms with Crippen LogP contribution in [0.5, 0.6) is 11.5 Å². The Morgan fingerprint density at radius 3 is 2.32 bits per heavy atom. The summed E-state index contributed by atoms with van der Waals surface area (Å²) >= 11 is 6.09. The molecule has 0 amide bonds. The molecule has 0 heterocycles. The van der Waals surface area contributed by atoms with Crippen LogP contribution in [0.3, 0.4) is 0 Å². The van der Waals surface area contributed by atoms with Crippen LogP contribution in [0.25, 0.3) is 0 Å². The number of anilines is 1. The van der Waals surface area contributed by atoms with Crippen LogP contribution in [0.1, 0.15) is 5.56 Å². The molecule has 25 heavy (non-hydrogen) atoms. The van der Waals surface area contributed by atoms with Gasteiger partial charge in [0.15, 0.2) is 0 Å². The van der Waals surface area contributed by atoms with Gasteiger partial charge in [-0.25, -0.2) is 8.42 Å². The van der Waals surface area contributed by atoms with Gasteiger partial charge in [0.05, 0.1) is 36.4 Å². The SMILES string of the molecule is C=CCN(c1cc(C)ccc1OC)S(=O)(=O)c1ccc(OC)c(Cl)c1. The van der Waals surface area contributed by atoms with Gasteiger partial charge in [-0.15, -0.1) is 6.58 Å². The first kappa shape index (κ1) is 19.1. The summed E-state index contributed by atoms with van der Waals surface area (Å²) in [4.78, 5) is 0.0590. The number of hydrogen-bond donors (Lipinski definition) is 0. The number of rotatable bonds is 7. The van der Waals surface area contributed by atoms with Gasteiger partial charge in [0, 0.05) is 0 Å². The van der Waals surface area contributed by atoms with Gasteiger partial charge in [-0.1, -0.05) is 23.7 Å². The molecule has 0 saturated heterocycles. The summed E-state index contributed by atoms with van der Waals surface area (Å²) in [7, 11) is -0.905. The van der Waals surface area contributed by atoms with Gasteiger partial charge in [0.25, 0.3) is 10.0 Å². The largest absolute Gasteiger partial charge is 0.495 e. The van der Waals surface area contributed by atoms with E-state index in [-0.39, 0.29) is 16.5 Å². The lowest BCUT2D eigenvalue weighted by Crippen LogP contribution is -2.31. The summed E-state index contributed by atoms with van der Waals surface area (Å²) in [5, 5.41) is 0.221. The molecule has 0 aliphatic carbocycles. The zero-order valence-corrected chi connectivity index (χ0v) is 15.9. The maximum Gasteiger partial charge on any atom is 0.264 e. The fourth-order valence-electron chi connectivity index (χ4n) is 2.37. The summed E-state index contributed by atoms with van der Waals surface area (Å²) < 4.78 is 38.0. The van der Waals surface area contributed by atoms with Crippen LogP contribution < -0.4 is 13.8 Å². The molecule has 0 N–H and O–H groups in total. The van der Waals surface area contributed by atoms with Gasteiger partial charge in [-0.05, 0) is 42.8 Å². The molecule has 0 bridgehead atoms. The van der Waals surface area contributed by atoms with Crippen molar-refractivity contribution in [1.29, 1.82) is 0 Å². The van der Waals surface area contributed by atoms with E-state index in [1.165, 1.54) is 42.8 Å². The maximum absolute atomic E-state index is 13.2. The lowest BCUT2D eigenvalue weighted by atomic mass is 10.2. The minimum Gasteiger partial charge on any atom is -0.495 e. The Balaban J connectivity index is 2.61. The molecule has 134 valence electrons. The second-order valence-electron chi connectivity index (χ2n) is 5.30. The van der Waals surface area contributed by atoms with Crippen LogP contribution in [0, 0.1) is 6.92 Å². The molecule has 5 nitrogen and oxygen atoms in total. The number of hydrogen-bond acceptors (Lipinski definition) is 4. The number of methoxy groups -OCH3 is 2. The molecule has 0 aliphatic rings. The first-order valence-corrected chi connectivity index (χ1v) is 9.28. The quantitative estimate of drug-likeness (QED) is 0.679. The maximum atomic E-state index is 13.2. The Morgan fingerprint density at radius 1 is 1.12 bits per heavy atom. The molecule has 0 radical (unpaired) electrons. The van der Waals surface area contributed by atoms with Crippen molar-refractivity contribution >= 4 is 27.3 Å². The van der Waals surface area contributed by atoms with Crippen LogP contribution in [0.2, 0.25) is 5.02 Å². The summed E-state index contributed by atoms with van der Waals surface area (Å²) in [6, 6.07) is 9.69. The molecule has 0 unspecified atom stereocenters. The Kier molecular flexibility index (Phi) is 5.98. The van der Waals surface area contributed by atoms with E-state index in [2.05, 4.69) is 6.58 Å². The van der Waals surface area contributed by atoms with Crippen LogP contribution in [0.4, 0.5) is 5.69 Å². The highest BCUT2D eigenvalue weighted by Crippen LogP contribution is 2.35. The van der Waals surface area contributed by atoms with Crippen LogP contribution in [-0.4, -0.2) is 29.2 Å². The molecule has 0 atom stereocenters. The summed E-state index contributed by atoms with van der Waals surface area (Å²) in [6.45, 7) is 5.63. The number of benzene rings is 2. The van der Waals surface area contributed by atoms with Crippen molar-refractivity contribution in [3.05, 3.63) is 59.6 Å². The Labute approximate surface area is 153 Å². The summed E-state index contributed by atoms with van der Waals surface area (Å²) in [5.41, 5.74) is 1.35.